The highest BCUT2D eigenvalue weighted by molar-refractivity contribution is 6.30. The van der Waals surface area contributed by atoms with Crippen molar-refractivity contribution in [3.63, 3.8) is 0 Å². The lowest BCUT2D eigenvalue weighted by molar-refractivity contribution is -0.159. The molecule has 2 atom stereocenters. The van der Waals surface area contributed by atoms with E-state index < -0.39 is 0 Å². The summed E-state index contributed by atoms with van der Waals surface area (Å²) in [5, 5.41) is 6.40. The molecule has 6 heteroatoms. The minimum absolute atomic E-state index is 0.0224. The summed E-state index contributed by atoms with van der Waals surface area (Å²) in [5.74, 6) is 0.525. The molecule has 0 saturated carbocycles. The Kier molecular flexibility index (Phi) is 13.5. The molecule has 2 unspecified atom stereocenters. The van der Waals surface area contributed by atoms with Gasteiger partial charge in [-0.15, -0.1) is 0 Å². The van der Waals surface area contributed by atoms with Gasteiger partial charge in [0.05, 0.1) is 5.92 Å². The van der Waals surface area contributed by atoms with Crippen molar-refractivity contribution in [3.8, 4) is 0 Å². The van der Waals surface area contributed by atoms with Crippen LogP contribution in [0, 0.1) is 5.92 Å². The van der Waals surface area contributed by atoms with E-state index in [0.717, 1.165) is 24.1 Å². The van der Waals surface area contributed by atoms with Gasteiger partial charge >= 0.3 is 12.0 Å². The number of ether oxygens (including phenoxy) is 1. The molecule has 0 aliphatic rings. The van der Waals surface area contributed by atoms with Crippen molar-refractivity contribution in [2.24, 2.45) is 5.92 Å². The van der Waals surface area contributed by atoms with Crippen molar-refractivity contribution < 1.29 is 14.3 Å². The normalized spacial score (nSPS) is 12.6. The van der Waals surface area contributed by atoms with Crippen LogP contribution in [0.5, 0.6) is 0 Å². The van der Waals surface area contributed by atoms with Crippen LogP contribution in [0.2, 0.25) is 5.02 Å². The zero-order valence-corrected chi connectivity index (χ0v) is 23.2. The first-order chi connectivity index (χ1) is 16.5. The van der Waals surface area contributed by atoms with Gasteiger partial charge in [0.25, 0.3) is 0 Å². The van der Waals surface area contributed by atoms with Crippen LogP contribution in [-0.2, 0) is 16.1 Å². The van der Waals surface area contributed by atoms with Crippen LogP contribution in [0.3, 0.4) is 0 Å². The number of amides is 2. The zero-order valence-electron chi connectivity index (χ0n) is 22.4. The van der Waals surface area contributed by atoms with Crippen LogP contribution in [0.1, 0.15) is 91.2 Å². The summed E-state index contributed by atoms with van der Waals surface area (Å²) >= 11 is 5.85. The smallest absolute Gasteiger partial charge is 0.319 e. The average molecular weight is 503 g/mol. The van der Waals surface area contributed by atoms with Gasteiger partial charge in [-0.3, -0.25) is 4.79 Å². The Bertz CT molecular complexity index is 890. The Hall–Kier alpha value is -2.53. The van der Waals surface area contributed by atoms with E-state index in [1.807, 2.05) is 71.0 Å². The molecule has 35 heavy (non-hydrogen) atoms. The summed E-state index contributed by atoms with van der Waals surface area (Å²) in [6.45, 7) is 14.4. The minimum Gasteiger partial charge on any atom is -0.460 e. The first-order valence-corrected chi connectivity index (χ1v) is 13.0. The number of carbonyl (C=O) groups is 2. The SMILES string of the molecule is CCC(C)C(=O)OC(C)(C)C.CCCC(CC)c1ccc(NC(=O)NCc2ccc(Cl)cc2)cc1. The standard InChI is InChI=1S/C20H25ClN2O.C9H18O2/c1-3-5-16(4-2)17-8-12-19(13-9-17)23-20(24)22-14-15-6-10-18(21)11-7-15;1-6-7(2)8(10)11-9(3,4)5/h6-13,16H,3-5,14H2,1-2H3,(H2,22,23,24);7H,6H2,1-5H3. The highest BCUT2D eigenvalue weighted by Crippen LogP contribution is 2.25. The van der Waals surface area contributed by atoms with Gasteiger partial charge in [-0.25, -0.2) is 4.79 Å². The molecule has 194 valence electrons. The summed E-state index contributed by atoms with van der Waals surface area (Å²) in [7, 11) is 0. The van der Waals surface area contributed by atoms with E-state index in [1.54, 1.807) is 0 Å². The third-order valence-electron chi connectivity index (χ3n) is 5.56. The molecule has 0 fully saturated rings. The van der Waals surface area contributed by atoms with Crippen LogP contribution in [0.15, 0.2) is 48.5 Å². The lowest BCUT2D eigenvalue weighted by Crippen LogP contribution is -2.28. The molecule has 2 N–H and O–H groups in total. The van der Waals surface area contributed by atoms with Crippen molar-refractivity contribution in [1.29, 1.82) is 0 Å². The molecule has 0 saturated heterocycles. The number of benzene rings is 2. The number of halogens is 1. The van der Waals surface area contributed by atoms with Gasteiger partial charge in [0.2, 0.25) is 0 Å². The van der Waals surface area contributed by atoms with Gasteiger partial charge in [-0.05, 0) is 81.3 Å². The lowest BCUT2D eigenvalue weighted by atomic mass is 9.92. The van der Waals surface area contributed by atoms with E-state index in [4.69, 9.17) is 16.3 Å². The molecule has 0 bridgehead atoms. The first-order valence-electron chi connectivity index (χ1n) is 12.6. The molecule has 0 heterocycles. The van der Waals surface area contributed by atoms with Crippen molar-refractivity contribution in [3.05, 3.63) is 64.7 Å². The maximum Gasteiger partial charge on any atom is 0.319 e. The number of rotatable bonds is 9. The van der Waals surface area contributed by atoms with Crippen molar-refractivity contribution in [2.75, 3.05) is 5.32 Å². The molecule has 5 nitrogen and oxygen atoms in total. The summed E-state index contributed by atoms with van der Waals surface area (Å²) in [4.78, 5) is 23.1. The van der Waals surface area contributed by atoms with Gasteiger partial charge in [0.1, 0.15) is 5.60 Å². The van der Waals surface area contributed by atoms with E-state index in [9.17, 15) is 9.59 Å². The maximum atomic E-state index is 12.0. The molecule has 0 spiro atoms. The van der Waals surface area contributed by atoms with Gasteiger partial charge in [0, 0.05) is 17.3 Å². The highest BCUT2D eigenvalue weighted by atomic mass is 35.5. The van der Waals surface area contributed by atoms with Gasteiger partial charge in [-0.2, -0.15) is 0 Å². The van der Waals surface area contributed by atoms with E-state index in [2.05, 4.69) is 36.6 Å². The molecular formula is C29H43ClN2O3. The minimum atomic E-state index is -0.347. The molecule has 0 aliphatic heterocycles. The fourth-order valence-electron chi connectivity index (χ4n) is 3.32. The molecule has 2 amide bonds. The van der Waals surface area contributed by atoms with Crippen molar-refractivity contribution >= 4 is 29.3 Å². The fourth-order valence-corrected chi connectivity index (χ4v) is 3.45. The summed E-state index contributed by atoms with van der Waals surface area (Å²) in [6.07, 6.45) is 4.37. The molecular weight excluding hydrogens is 460 g/mol. The summed E-state index contributed by atoms with van der Waals surface area (Å²) in [6, 6.07) is 15.4. The van der Waals surface area contributed by atoms with Crippen LogP contribution < -0.4 is 10.6 Å². The molecule has 2 aromatic rings. The number of carbonyl (C=O) groups excluding carboxylic acids is 2. The Morgan fingerprint density at radius 2 is 1.54 bits per heavy atom. The van der Waals surface area contributed by atoms with Crippen molar-refractivity contribution in [1.82, 2.24) is 5.32 Å². The van der Waals surface area contributed by atoms with Crippen LogP contribution in [-0.4, -0.2) is 17.6 Å². The largest absolute Gasteiger partial charge is 0.460 e. The molecule has 2 aromatic carbocycles. The Morgan fingerprint density at radius 1 is 0.943 bits per heavy atom. The Labute approximate surface area is 217 Å². The van der Waals surface area contributed by atoms with Gasteiger partial charge in [0.15, 0.2) is 0 Å². The lowest BCUT2D eigenvalue weighted by Gasteiger charge is -2.21. The zero-order chi connectivity index (χ0) is 26.4. The highest BCUT2D eigenvalue weighted by Gasteiger charge is 2.19. The van der Waals surface area contributed by atoms with E-state index in [-0.39, 0.29) is 23.5 Å². The second-order valence-corrected chi connectivity index (χ2v) is 10.2. The van der Waals surface area contributed by atoms with Crippen LogP contribution in [0.4, 0.5) is 10.5 Å². The number of urea groups is 1. The molecule has 0 aliphatic carbocycles. The predicted octanol–water partition coefficient (Wildman–Crippen LogP) is 8.33. The Balaban J connectivity index is 0.000000471. The van der Waals surface area contributed by atoms with Gasteiger partial charge < -0.3 is 15.4 Å². The summed E-state index contributed by atoms with van der Waals surface area (Å²) < 4.78 is 5.15. The van der Waals surface area contributed by atoms with Gasteiger partial charge in [-0.1, -0.05) is 70.0 Å². The van der Waals surface area contributed by atoms with E-state index in [0.29, 0.717) is 17.5 Å². The number of hydrogen-bond donors (Lipinski definition) is 2. The number of hydrogen-bond acceptors (Lipinski definition) is 3. The second-order valence-electron chi connectivity index (χ2n) is 9.79. The van der Waals surface area contributed by atoms with E-state index >= 15 is 0 Å². The molecule has 2 rings (SSSR count). The second kappa shape index (κ2) is 15.5. The summed E-state index contributed by atoms with van der Waals surface area (Å²) in [5.41, 5.74) is 2.81. The molecule has 0 aromatic heterocycles. The Morgan fingerprint density at radius 3 is 2.03 bits per heavy atom. The first kappa shape index (κ1) is 30.5. The van der Waals surface area contributed by atoms with E-state index in [1.165, 1.54) is 18.4 Å². The quantitative estimate of drug-likeness (QED) is 0.338. The number of nitrogens with one attached hydrogen (secondary N) is 2. The monoisotopic (exact) mass is 502 g/mol. The van der Waals surface area contributed by atoms with Crippen LogP contribution >= 0.6 is 11.6 Å². The third-order valence-corrected chi connectivity index (χ3v) is 5.81. The predicted molar refractivity (Wildman–Crippen MR) is 147 cm³/mol. The molecule has 0 radical (unpaired) electrons. The fraction of sp³-hybridized carbons (Fsp3) is 0.517. The van der Waals surface area contributed by atoms with Crippen LogP contribution in [0.25, 0.3) is 0 Å². The number of anilines is 1. The number of esters is 1. The maximum absolute atomic E-state index is 12.0. The average Bonchev–Trinajstić information content (AvgIpc) is 2.81. The third kappa shape index (κ3) is 12.7. The topological polar surface area (TPSA) is 67.4 Å². The van der Waals surface area contributed by atoms with Crippen molar-refractivity contribution in [2.45, 2.75) is 92.2 Å².